The molecule has 1 saturated heterocycles. The molecule has 1 heterocycles. The predicted molar refractivity (Wildman–Crippen MR) is 114 cm³/mol. The summed E-state index contributed by atoms with van der Waals surface area (Å²) in [6.07, 6.45) is 14.6. The fourth-order valence-electron chi connectivity index (χ4n) is 5.27. The van der Waals surface area contributed by atoms with Gasteiger partial charge in [0.05, 0.1) is 12.1 Å². The van der Waals surface area contributed by atoms with Gasteiger partial charge >= 0.3 is 0 Å². The van der Waals surface area contributed by atoms with Crippen LogP contribution in [0.1, 0.15) is 98.3 Å². The number of aliphatic imine (C=N–C) groups is 2. The number of nitrogens with zero attached hydrogens (tertiary/aromatic N) is 2. The highest BCUT2D eigenvalue weighted by Gasteiger charge is 2.28. The van der Waals surface area contributed by atoms with Crippen LogP contribution in [0.2, 0.25) is 0 Å². The first-order valence-corrected chi connectivity index (χ1v) is 11.4. The minimum absolute atomic E-state index is 0.455. The van der Waals surface area contributed by atoms with E-state index in [0.29, 0.717) is 24.2 Å². The summed E-state index contributed by atoms with van der Waals surface area (Å²) in [5.41, 5.74) is 2.68. The summed E-state index contributed by atoms with van der Waals surface area (Å²) >= 11 is 0. The van der Waals surface area contributed by atoms with E-state index in [0.717, 1.165) is 11.8 Å². The molecule has 1 aliphatic heterocycles. The Morgan fingerprint density at radius 3 is 1.46 bits per heavy atom. The normalized spacial score (nSPS) is 40.5. The SMILES string of the molecule is CC(=NC1CCCCC1C)C1CCCC(C(C)=NC2CCCCC2C)N1. The minimum Gasteiger partial charge on any atom is -0.301 e. The van der Waals surface area contributed by atoms with Gasteiger partial charge in [0.25, 0.3) is 0 Å². The Morgan fingerprint density at radius 2 is 1.04 bits per heavy atom. The highest BCUT2D eigenvalue weighted by Crippen LogP contribution is 2.28. The predicted octanol–water partition coefficient (Wildman–Crippen LogP) is 5.58. The Kier molecular flexibility index (Phi) is 7.31. The van der Waals surface area contributed by atoms with Crippen molar-refractivity contribution >= 4 is 11.4 Å². The fraction of sp³-hybridized carbons (Fsp3) is 0.913. The molecule has 26 heavy (non-hydrogen) atoms. The van der Waals surface area contributed by atoms with Gasteiger partial charge in [0.15, 0.2) is 0 Å². The lowest BCUT2D eigenvalue weighted by molar-refractivity contribution is 0.328. The summed E-state index contributed by atoms with van der Waals surface area (Å²) in [6, 6.07) is 2.03. The molecule has 0 amide bonds. The molecule has 0 bridgehead atoms. The van der Waals surface area contributed by atoms with Crippen molar-refractivity contribution in [2.45, 2.75) is 122 Å². The van der Waals surface area contributed by atoms with Crippen LogP contribution in [-0.4, -0.2) is 35.6 Å². The first-order chi connectivity index (χ1) is 12.5. The standard InChI is InChI=1S/C23H41N3/c1-16-10-5-7-12-20(16)24-18(3)22-14-9-15-23(26-22)19(4)25-21-13-8-6-11-17(21)2/h16-17,20-23,26H,5-15H2,1-4H3. The Hall–Kier alpha value is -0.700. The third kappa shape index (κ3) is 5.18. The second-order valence-electron chi connectivity index (χ2n) is 9.40. The average Bonchev–Trinajstić information content (AvgIpc) is 2.65. The molecule has 2 saturated carbocycles. The van der Waals surface area contributed by atoms with Crippen molar-refractivity contribution in [2.24, 2.45) is 21.8 Å². The van der Waals surface area contributed by atoms with E-state index >= 15 is 0 Å². The summed E-state index contributed by atoms with van der Waals surface area (Å²) in [5, 5.41) is 3.90. The Balaban J connectivity index is 1.61. The van der Waals surface area contributed by atoms with Crippen molar-refractivity contribution in [3.8, 4) is 0 Å². The quantitative estimate of drug-likeness (QED) is 0.654. The molecular weight excluding hydrogens is 318 g/mol. The van der Waals surface area contributed by atoms with Crippen molar-refractivity contribution in [3.63, 3.8) is 0 Å². The Bertz CT molecular complexity index is 466. The molecule has 148 valence electrons. The summed E-state index contributed by atoms with van der Waals surface area (Å²) in [4.78, 5) is 10.4. The van der Waals surface area contributed by atoms with Gasteiger partial charge in [0.1, 0.15) is 0 Å². The maximum Gasteiger partial charge on any atom is 0.0525 e. The van der Waals surface area contributed by atoms with Gasteiger partial charge in [0, 0.05) is 23.5 Å². The molecule has 3 nitrogen and oxygen atoms in total. The highest BCUT2D eigenvalue weighted by molar-refractivity contribution is 5.91. The number of nitrogens with one attached hydrogen (secondary N) is 1. The zero-order valence-corrected chi connectivity index (χ0v) is 17.6. The van der Waals surface area contributed by atoms with Crippen molar-refractivity contribution < 1.29 is 0 Å². The van der Waals surface area contributed by atoms with Gasteiger partial charge < -0.3 is 5.32 Å². The van der Waals surface area contributed by atoms with Crippen LogP contribution < -0.4 is 5.32 Å². The topological polar surface area (TPSA) is 36.8 Å². The van der Waals surface area contributed by atoms with Crippen LogP contribution >= 0.6 is 0 Å². The number of rotatable bonds is 4. The molecule has 1 N–H and O–H groups in total. The summed E-state index contributed by atoms with van der Waals surface area (Å²) in [6.45, 7) is 9.30. The molecule has 6 atom stereocenters. The van der Waals surface area contributed by atoms with Gasteiger partial charge in [-0.2, -0.15) is 0 Å². The molecule has 0 aromatic carbocycles. The van der Waals surface area contributed by atoms with Crippen LogP contribution in [0.4, 0.5) is 0 Å². The van der Waals surface area contributed by atoms with E-state index in [-0.39, 0.29) is 0 Å². The molecule has 0 radical (unpaired) electrons. The maximum atomic E-state index is 5.18. The zero-order chi connectivity index (χ0) is 18.5. The molecule has 0 aromatic heterocycles. The highest BCUT2D eigenvalue weighted by atomic mass is 15.0. The van der Waals surface area contributed by atoms with E-state index in [4.69, 9.17) is 9.98 Å². The van der Waals surface area contributed by atoms with Crippen LogP contribution in [0.3, 0.4) is 0 Å². The van der Waals surface area contributed by atoms with Crippen LogP contribution in [-0.2, 0) is 0 Å². The van der Waals surface area contributed by atoms with Crippen LogP contribution in [0.25, 0.3) is 0 Å². The molecule has 6 unspecified atom stereocenters. The van der Waals surface area contributed by atoms with E-state index in [2.05, 4.69) is 33.0 Å². The minimum atomic E-state index is 0.455. The molecule has 3 aliphatic rings. The van der Waals surface area contributed by atoms with Crippen LogP contribution in [0.15, 0.2) is 9.98 Å². The van der Waals surface area contributed by atoms with E-state index in [1.54, 1.807) is 0 Å². The summed E-state index contributed by atoms with van der Waals surface area (Å²) < 4.78 is 0. The van der Waals surface area contributed by atoms with Gasteiger partial charge in [0.2, 0.25) is 0 Å². The lowest BCUT2D eigenvalue weighted by Crippen LogP contribution is -2.49. The molecule has 0 spiro atoms. The number of hydrogen-bond acceptors (Lipinski definition) is 3. The van der Waals surface area contributed by atoms with Crippen LogP contribution in [0, 0.1) is 11.8 Å². The second kappa shape index (κ2) is 9.48. The Morgan fingerprint density at radius 1 is 0.615 bits per heavy atom. The van der Waals surface area contributed by atoms with Crippen molar-refractivity contribution in [3.05, 3.63) is 0 Å². The lowest BCUT2D eigenvalue weighted by atomic mass is 9.85. The zero-order valence-electron chi connectivity index (χ0n) is 17.6. The first kappa shape index (κ1) is 20.0. The number of piperidine rings is 1. The van der Waals surface area contributed by atoms with Gasteiger partial charge in [-0.25, -0.2) is 0 Å². The Labute approximate surface area is 161 Å². The fourth-order valence-corrected chi connectivity index (χ4v) is 5.27. The van der Waals surface area contributed by atoms with Gasteiger partial charge in [-0.05, 0) is 70.6 Å². The molecule has 3 heteroatoms. The maximum absolute atomic E-state index is 5.18. The van der Waals surface area contributed by atoms with Crippen LogP contribution in [0.5, 0.6) is 0 Å². The monoisotopic (exact) mass is 359 g/mol. The number of hydrogen-bond donors (Lipinski definition) is 1. The molecule has 0 aromatic rings. The second-order valence-corrected chi connectivity index (χ2v) is 9.40. The molecule has 2 aliphatic carbocycles. The first-order valence-electron chi connectivity index (χ1n) is 11.4. The van der Waals surface area contributed by atoms with Gasteiger partial charge in [-0.3, -0.25) is 9.98 Å². The summed E-state index contributed by atoms with van der Waals surface area (Å²) in [5.74, 6) is 1.52. The van der Waals surface area contributed by atoms with Crippen molar-refractivity contribution in [2.75, 3.05) is 0 Å². The van der Waals surface area contributed by atoms with E-state index in [1.165, 1.54) is 82.1 Å². The molecule has 3 rings (SSSR count). The molecule has 3 fully saturated rings. The van der Waals surface area contributed by atoms with E-state index in [1.807, 2.05) is 0 Å². The van der Waals surface area contributed by atoms with Crippen molar-refractivity contribution in [1.29, 1.82) is 0 Å². The van der Waals surface area contributed by atoms with Gasteiger partial charge in [-0.1, -0.05) is 39.5 Å². The summed E-state index contributed by atoms with van der Waals surface area (Å²) in [7, 11) is 0. The average molecular weight is 360 g/mol. The smallest absolute Gasteiger partial charge is 0.0525 e. The van der Waals surface area contributed by atoms with E-state index in [9.17, 15) is 0 Å². The van der Waals surface area contributed by atoms with Crippen molar-refractivity contribution in [1.82, 2.24) is 5.32 Å². The van der Waals surface area contributed by atoms with E-state index < -0.39 is 0 Å². The van der Waals surface area contributed by atoms with Gasteiger partial charge in [-0.15, -0.1) is 0 Å². The third-order valence-electron chi connectivity index (χ3n) is 7.27. The largest absolute Gasteiger partial charge is 0.301 e. The third-order valence-corrected chi connectivity index (χ3v) is 7.27. The molecular formula is C23H41N3. The lowest BCUT2D eigenvalue weighted by Gasteiger charge is -2.34.